The molecule has 0 radical (unpaired) electrons. The number of hydrogen-bond donors (Lipinski definition) is 1. The van der Waals surface area contributed by atoms with Crippen molar-refractivity contribution >= 4 is 44.6 Å². The number of aromatic nitrogens is 1. The van der Waals surface area contributed by atoms with Crippen LogP contribution in [0.25, 0.3) is 0 Å². The Morgan fingerprint density at radius 1 is 1.27 bits per heavy atom. The van der Waals surface area contributed by atoms with E-state index in [9.17, 15) is 13.2 Å². The number of halogens is 1. The van der Waals surface area contributed by atoms with Gasteiger partial charge in [-0.25, -0.2) is 13.4 Å². The highest BCUT2D eigenvalue weighted by Gasteiger charge is 2.32. The van der Waals surface area contributed by atoms with E-state index in [0.29, 0.717) is 36.1 Å². The van der Waals surface area contributed by atoms with Crippen LogP contribution < -0.4 is 5.32 Å². The highest BCUT2D eigenvalue weighted by Crippen LogP contribution is 2.23. The van der Waals surface area contributed by atoms with Crippen LogP contribution in [0.5, 0.6) is 0 Å². The molecule has 2 aromatic heterocycles. The van der Waals surface area contributed by atoms with Gasteiger partial charge < -0.3 is 5.32 Å². The van der Waals surface area contributed by atoms with E-state index in [4.69, 9.17) is 11.6 Å². The fourth-order valence-corrected chi connectivity index (χ4v) is 5.48. The normalized spacial score (nSPS) is 17.8. The van der Waals surface area contributed by atoms with Gasteiger partial charge in [-0.15, -0.1) is 11.3 Å². The molecular weight excluding hydrogens is 396 g/mol. The molecule has 0 aliphatic carbocycles. The Bertz CT molecular complexity index is 865. The van der Waals surface area contributed by atoms with Crippen molar-refractivity contribution in [2.45, 2.75) is 17.2 Å². The Kier molecular flexibility index (Phi) is 5.93. The minimum Gasteiger partial charge on any atom is -0.322 e. The molecule has 0 spiro atoms. The first-order valence-corrected chi connectivity index (χ1v) is 10.8. The summed E-state index contributed by atoms with van der Waals surface area (Å²) < 4.78 is 26.9. The number of nitrogens with one attached hydrogen (secondary N) is 1. The van der Waals surface area contributed by atoms with Crippen LogP contribution in [0.15, 0.2) is 40.1 Å². The Labute approximate surface area is 161 Å². The van der Waals surface area contributed by atoms with Gasteiger partial charge in [0.05, 0.1) is 11.7 Å². The molecule has 1 fully saturated rings. The molecule has 1 saturated heterocycles. The summed E-state index contributed by atoms with van der Waals surface area (Å²) in [6.45, 7) is 3.47. The highest BCUT2D eigenvalue weighted by molar-refractivity contribution is 7.91. The van der Waals surface area contributed by atoms with Gasteiger partial charge in [-0.05, 0) is 30.5 Å². The van der Waals surface area contributed by atoms with Crippen molar-refractivity contribution in [3.63, 3.8) is 0 Å². The first-order chi connectivity index (χ1) is 12.4. The molecule has 1 amide bonds. The van der Waals surface area contributed by atoms with E-state index in [1.54, 1.807) is 42.8 Å². The molecule has 0 bridgehead atoms. The maximum Gasteiger partial charge on any atom is 0.252 e. The van der Waals surface area contributed by atoms with Crippen molar-refractivity contribution in [2.75, 3.05) is 31.5 Å². The van der Waals surface area contributed by atoms with Crippen molar-refractivity contribution in [3.8, 4) is 0 Å². The maximum absolute atomic E-state index is 12.6. The van der Waals surface area contributed by atoms with E-state index in [-0.39, 0.29) is 11.1 Å². The zero-order valence-electron chi connectivity index (χ0n) is 14.1. The van der Waals surface area contributed by atoms with Crippen molar-refractivity contribution in [1.82, 2.24) is 14.2 Å². The molecule has 1 N–H and O–H groups in total. The van der Waals surface area contributed by atoms with Gasteiger partial charge in [-0.3, -0.25) is 9.69 Å². The Balaban J connectivity index is 1.59. The average Bonchev–Trinajstić information content (AvgIpc) is 3.18. The first kappa shape index (κ1) is 19.2. The number of carbonyl (C=O) groups is 1. The van der Waals surface area contributed by atoms with E-state index in [2.05, 4.69) is 10.3 Å². The Morgan fingerprint density at radius 2 is 2.00 bits per heavy atom. The van der Waals surface area contributed by atoms with Gasteiger partial charge in [0.2, 0.25) is 5.91 Å². The lowest BCUT2D eigenvalue weighted by atomic mass is 10.2. The van der Waals surface area contributed by atoms with Gasteiger partial charge in [0.25, 0.3) is 10.0 Å². The molecule has 26 heavy (non-hydrogen) atoms. The SMILES string of the molecule is C[C@H](C(=O)Nc1cccnc1Cl)N1CCN(S(=O)(=O)c2cccs2)CC1. The smallest absolute Gasteiger partial charge is 0.252 e. The number of carbonyl (C=O) groups excluding carboxylic acids is 1. The molecular formula is C16H19ClN4O3S2. The molecule has 2 aromatic rings. The molecule has 1 aliphatic rings. The van der Waals surface area contributed by atoms with E-state index in [1.807, 2.05) is 4.90 Å². The summed E-state index contributed by atoms with van der Waals surface area (Å²) in [5.41, 5.74) is 0.463. The number of pyridine rings is 1. The number of nitrogens with zero attached hydrogens (tertiary/aromatic N) is 3. The molecule has 0 saturated carbocycles. The Hall–Kier alpha value is -1.52. The van der Waals surface area contributed by atoms with Gasteiger partial charge in [0.15, 0.2) is 5.15 Å². The van der Waals surface area contributed by atoms with Gasteiger partial charge in [-0.2, -0.15) is 4.31 Å². The van der Waals surface area contributed by atoms with Crippen molar-refractivity contribution < 1.29 is 13.2 Å². The second-order valence-corrected chi connectivity index (χ2v) is 9.35. The zero-order chi connectivity index (χ0) is 18.7. The fraction of sp³-hybridized carbons (Fsp3) is 0.375. The number of hydrogen-bond acceptors (Lipinski definition) is 6. The van der Waals surface area contributed by atoms with Crippen LogP contribution in [0.4, 0.5) is 5.69 Å². The summed E-state index contributed by atoms with van der Waals surface area (Å²) in [6, 6.07) is 6.31. The van der Waals surface area contributed by atoms with E-state index >= 15 is 0 Å². The van der Waals surface area contributed by atoms with Crippen LogP contribution in [0, 0.1) is 0 Å². The highest BCUT2D eigenvalue weighted by atomic mass is 35.5. The van der Waals surface area contributed by atoms with Crippen molar-refractivity contribution in [3.05, 3.63) is 41.0 Å². The topological polar surface area (TPSA) is 82.6 Å². The molecule has 10 heteroatoms. The van der Waals surface area contributed by atoms with Gasteiger partial charge >= 0.3 is 0 Å². The molecule has 7 nitrogen and oxygen atoms in total. The standard InChI is InChI=1S/C16H19ClN4O3S2/c1-12(16(22)19-13-4-2-6-18-15(13)17)20-7-9-21(10-8-20)26(23,24)14-5-3-11-25-14/h2-6,11-12H,7-10H2,1H3,(H,19,22)/t12-/m1/s1. The van der Waals surface area contributed by atoms with Crippen LogP contribution in [-0.2, 0) is 14.8 Å². The second-order valence-electron chi connectivity index (χ2n) is 5.88. The van der Waals surface area contributed by atoms with Crippen LogP contribution in [0.1, 0.15) is 6.92 Å². The number of sulfonamides is 1. The van der Waals surface area contributed by atoms with Crippen LogP contribution in [0.2, 0.25) is 5.15 Å². The minimum atomic E-state index is -3.44. The lowest BCUT2D eigenvalue weighted by molar-refractivity contribution is -0.121. The molecule has 1 atom stereocenters. The van der Waals surface area contributed by atoms with E-state index in [0.717, 1.165) is 0 Å². The lowest BCUT2D eigenvalue weighted by Crippen LogP contribution is -2.53. The summed E-state index contributed by atoms with van der Waals surface area (Å²) in [7, 11) is -3.44. The van der Waals surface area contributed by atoms with Crippen molar-refractivity contribution in [2.24, 2.45) is 0 Å². The predicted molar refractivity (Wildman–Crippen MR) is 102 cm³/mol. The first-order valence-electron chi connectivity index (χ1n) is 8.08. The third-order valence-electron chi connectivity index (χ3n) is 4.31. The molecule has 0 aromatic carbocycles. The predicted octanol–water partition coefficient (Wildman–Crippen LogP) is 2.13. The fourth-order valence-electron chi connectivity index (χ4n) is 2.75. The molecule has 1 aliphatic heterocycles. The molecule has 140 valence electrons. The zero-order valence-corrected chi connectivity index (χ0v) is 16.5. The third-order valence-corrected chi connectivity index (χ3v) is 7.88. The maximum atomic E-state index is 12.6. The summed E-state index contributed by atoms with van der Waals surface area (Å²) in [4.78, 5) is 18.3. The monoisotopic (exact) mass is 414 g/mol. The number of amides is 1. The largest absolute Gasteiger partial charge is 0.322 e. The van der Waals surface area contributed by atoms with E-state index < -0.39 is 16.1 Å². The summed E-state index contributed by atoms with van der Waals surface area (Å²) >= 11 is 7.18. The molecule has 3 heterocycles. The second kappa shape index (κ2) is 8.01. The number of rotatable bonds is 5. The quantitative estimate of drug-likeness (QED) is 0.758. The molecule has 3 rings (SSSR count). The summed E-state index contributed by atoms with van der Waals surface area (Å²) in [5.74, 6) is -0.200. The number of piperazine rings is 1. The Morgan fingerprint density at radius 3 is 2.62 bits per heavy atom. The number of thiophene rings is 1. The van der Waals surface area contributed by atoms with Crippen LogP contribution in [0.3, 0.4) is 0 Å². The van der Waals surface area contributed by atoms with Gasteiger partial charge in [0, 0.05) is 32.4 Å². The van der Waals surface area contributed by atoms with Gasteiger partial charge in [0.1, 0.15) is 4.21 Å². The summed E-state index contributed by atoms with van der Waals surface area (Å²) in [5, 5.41) is 4.75. The minimum absolute atomic E-state index is 0.200. The van der Waals surface area contributed by atoms with Crippen LogP contribution >= 0.6 is 22.9 Å². The average molecular weight is 415 g/mol. The van der Waals surface area contributed by atoms with Crippen LogP contribution in [-0.4, -0.2) is 60.7 Å². The lowest BCUT2D eigenvalue weighted by Gasteiger charge is -2.36. The number of anilines is 1. The van der Waals surface area contributed by atoms with Crippen molar-refractivity contribution in [1.29, 1.82) is 0 Å². The molecule has 0 unspecified atom stereocenters. The van der Waals surface area contributed by atoms with Gasteiger partial charge in [-0.1, -0.05) is 17.7 Å². The summed E-state index contributed by atoms with van der Waals surface area (Å²) in [6.07, 6.45) is 1.55. The van der Waals surface area contributed by atoms with E-state index in [1.165, 1.54) is 15.6 Å². The third kappa shape index (κ3) is 4.07.